The number of likely N-dealkylation sites (N-methyl/N-ethyl adjacent to an activating group) is 1. The highest BCUT2D eigenvalue weighted by molar-refractivity contribution is 6.31. The van der Waals surface area contributed by atoms with Crippen molar-refractivity contribution in [1.82, 2.24) is 14.7 Å². The summed E-state index contributed by atoms with van der Waals surface area (Å²) in [6, 6.07) is 0. The smallest absolute Gasteiger partial charge is 0.110 e. The van der Waals surface area contributed by atoms with Crippen molar-refractivity contribution in [2.45, 2.75) is 19.6 Å². The third-order valence-electron chi connectivity index (χ3n) is 1.99. The molecule has 1 aromatic heterocycles. The van der Waals surface area contributed by atoms with Gasteiger partial charge in [-0.1, -0.05) is 11.6 Å². The SMILES string of the molecule is CCn1ncc(Cl)c1C(O)CN(C)C. The molecule has 4 nitrogen and oxygen atoms in total. The van der Waals surface area contributed by atoms with Crippen LogP contribution in [0.3, 0.4) is 0 Å². The van der Waals surface area contributed by atoms with Crippen molar-refractivity contribution >= 4 is 11.6 Å². The Bertz CT molecular complexity index is 298. The van der Waals surface area contributed by atoms with E-state index in [1.807, 2.05) is 25.9 Å². The third-order valence-corrected chi connectivity index (χ3v) is 2.28. The van der Waals surface area contributed by atoms with Crippen LogP contribution < -0.4 is 0 Å². The lowest BCUT2D eigenvalue weighted by Crippen LogP contribution is -2.22. The Morgan fingerprint density at radius 3 is 2.79 bits per heavy atom. The summed E-state index contributed by atoms with van der Waals surface area (Å²) in [6.07, 6.45) is 0.985. The first kappa shape index (κ1) is 11.5. The topological polar surface area (TPSA) is 41.3 Å². The predicted octanol–water partition coefficient (Wildman–Crippen LogP) is 1.15. The number of hydrogen-bond acceptors (Lipinski definition) is 3. The number of aliphatic hydroxyl groups is 1. The first-order valence-electron chi connectivity index (χ1n) is 4.60. The molecule has 0 fully saturated rings. The average Bonchev–Trinajstić information content (AvgIpc) is 2.45. The lowest BCUT2D eigenvalue weighted by Gasteiger charge is -2.17. The van der Waals surface area contributed by atoms with E-state index in [0.717, 1.165) is 0 Å². The second-order valence-corrected chi connectivity index (χ2v) is 3.88. The molecular formula is C9H16ClN3O. The van der Waals surface area contributed by atoms with Crippen LogP contribution in [0.25, 0.3) is 0 Å². The molecule has 0 aromatic carbocycles. The summed E-state index contributed by atoms with van der Waals surface area (Å²) >= 11 is 5.94. The molecular weight excluding hydrogens is 202 g/mol. The molecule has 1 aromatic rings. The lowest BCUT2D eigenvalue weighted by atomic mass is 10.2. The zero-order valence-electron chi connectivity index (χ0n) is 8.74. The van der Waals surface area contributed by atoms with Crippen molar-refractivity contribution < 1.29 is 5.11 Å². The molecule has 14 heavy (non-hydrogen) atoms. The number of rotatable bonds is 4. The Hall–Kier alpha value is -0.580. The summed E-state index contributed by atoms with van der Waals surface area (Å²) in [5, 5.41) is 14.5. The average molecular weight is 218 g/mol. The Morgan fingerprint density at radius 2 is 2.29 bits per heavy atom. The first-order valence-corrected chi connectivity index (χ1v) is 4.98. The molecule has 1 atom stereocenters. The van der Waals surface area contributed by atoms with E-state index in [1.54, 1.807) is 10.9 Å². The minimum atomic E-state index is -0.583. The normalized spacial score (nSPS) is 13.6. The summed E-state index contributed by atoms with van der Waals surface area (Å²) < 4.78 is 1.72. The van der Waals surface area contributed by atoms with Crippen LogP contribution in [0.4, 0.5) is 0 Å². The molecule has 1 rings (SSSR count). The van der Waals surface area contributed by atoms with Gasteiger partial charge in [-0.05, 0) is 21.0 Å². The zero-order valence-corrected chi connectivity index (χ0v) is 9.49. The maximum Gasteiger partial charge on any atom is 0.110 e. The monoisotopic (exact) mass is 217 g/mol. The van der Waals surface area contributed by atoms with Crippen LogP contribution in [0, 0.1) is 0 Å². The van der Waals surface area contributed by atoms with E-state index in [2.05, 4.69) is 5.10 Å². The number of aromatic nitrogens is 2. The fourth-order valence-electron chi connectivity index (χ4n) is 1.39. The molecule has 1 heterocycles. The quantitative estimate of drug-likeness (QED) is 0.823. The van der Waals surface area contributed by atoms with Crippen molar-refractivity contribution in [1.29, 1.82) is 0 Å². The zero-order chi connectivity index (χ0) is 10.7. The Balaban J connectivity index is 2.86. The summed E-state index contributed by atoms with van der Waals surface area (Å²) in [4.78, 5) is 1.91. The third kappa shape index (κ3) is 2.47. The van der Waals surface area contributed by atoms with Crippen molar-refractivity contribution in [2.24, 2.45) is 0 Å². The molecule has 0 aliphatic carbocycles. The number of halogens is 1. The number of nitrogens with zero attached hydrogens (tertiary/aromatic N) is 3. The summed E-state index contributed by atoms with van der Waals surface area (Å²) in [5.74, 6) is 0. The second-order valence-electron chi connectivity index (χ2n) is 3.47. The highest BCUT2D eigenvalue weighted by atomic mass is 35.5. The van der Waals surface area contributed by atoms with Crippen LogP contribution in [0.2, 0.25) is 5.02 Å². The van der Waals surface area contributed by atoms with Gasteiger partial charge in [-0.3, -0.25) is 4.68 Å². The van der Waals surface area contributed by atoms with E-state index in [9.17, 15) is 5.11 Å². The summed E-state index contributed by atoms with van der Waals surface area (Å²) in [7, 11) is 3.81. The van der Waals surface area contributed by atoms with Gasteiger partial charge in [0.25, 0.3) is 0 Å². The molecule has 0 aliphatic heterocycles. The molecule has 1 N–H and O–H groups in total. The molecule has 0 bridgehead atoms. The van der Waals surface area contributed by atoms with Gasteiger partial charge in [0.05, 0.1) is 16.9 Å². The lowest BCUT2D eigenvalue weighted by molar-refractivity contribution is 0.129. The van der Waals surface area contributed by atoms with Gasteiger partial charge in [0.15, 0.2) is 0 Å². The van der Waals surface area contributed by atoms with Crippen molar-refractivity contribution in [3.63, 3.8) is 0 Å². The maximum atomic E-state index is 9.89. The van der Waals surface area contributed by atoms with E-state index in [4.69, 9.17) is 11.6 Å². The molecule has 80 valence electrons. The first-order chi connectivity index (χ1) is 6.56. The number of aliphatic hydroxyl groups excluding tert-OH is 1. The minimum Gasteiger partial charge on any atom is -0.385 e. The van der Waals surface area contributed by atoms with Gasteiger partial charge in [-0.15, -0.1) is 0 Å². The van der Waals surface area contributed by atoms with E-state index < -0.39 is 6.10 Å². The standard InChI is InChI=1S/C9H16ClN3O/c1-4-13-9(7(10)5-11-13)8(14)6-12(2)3/h5,8,14H,4,6H2,1-3H3. The molecule has 0 aliphatic rings. The van der Waals surface area contributed by atoms with Gasteiger partial charge in [0, 0.05) is 13.1 Å². The van der Waals surface area contributed by atoms with E-state index in [1.165, 1.54) is 0 Å². The van der Waals surface area contributed by atoms with Gasteiger partial charge >= 0.3 is 0 Å². The van der Waals surface area contributed by atoms with Crippen LogP contribution in [0.1, 0.15) is 18.7 Å². The fourth-order valence-corrected chi connectivity index (χ4v) is 1.65. The van der Waals surface area contributed by atoms with Gasteiger partial charge in [-0.25, -0.2) is 0 Å². The highest BCUT2D eigenvalue weighted by Crippen LogP contribution is 2.22. The Morgan fingerprint density at radius 1 is 1.64 bits per heavy atom. The minimum absolute atomic E-state index is 0.529. The molecule has 0 saturated heterocycles. The van der Waals surface area contributed by atoms with Crippen LogP contribution >= 0.6 is 11.6 Å². The van der Waals surface area contributed by atoms with Crippen molar-refractivity contribution in [3.05, 3.63) is 16.9 Å². The van der Waals surface area contributed by atoms with Crippen LogP contribution in [0.5, 0.6) is 0 Å². The molecule has 1 unspecified atom stereocenters. The Labute approximate surface area is 89.1 Å². The van der Waals surface area contributed by atoms with Gasteiger partial charge in [-0.2, -0.15) is 5.10 Å². The predicted molar refractivity (Wildman–Crippen MR) is 56.4 cm³/mol. The number of aryl methyl sites for hydroxylation is 1. The van der Waals surface area contributed by atoms with E-state index in [-0.39, 0.29) is 0 Å². The van der Waals surface area contributed by atoms with Gasteiger partial charge < -0.3 is 10.0 Å². The fraction of sp³-hybridized carbons (Fsp3) is 0.667. The molecule has 0 saturated carbocycles. The Kier molecular flexibility index (Phi) is 3.92. The maximum absolute atomic E-state index is 9.89. The van der Waals surface area contributed by atoms with E-state index in [0.29, 0.717) is 23.8 Å². The largest absolute Gasteiger partial charge is 0.385 e. The molecule has 0 amide bonds. The van der Waals surface area contributed by atoms with Gasteiger partial charge in [0.1, 0.15) is 6.10 Å². The van der Waals surface area contributed by atoms with Crippen LogP contribution in [-0.4, -0.2) is 40.4 Å². The number of hydrogen-bond donors (Lipinski definition) is 1. The van der Waals surface area contributed by atoms with Crippen LogP contribution in [0.15, 0.2) is 6.20 Å². The van der Waals surface area contributed by atoms with E-state index >= 15 is 0 Å². The van der Waals surface area contributed by atoms with Crippen molar-refractivity contribution in [3.8, 4) is 0 Å². The van der Waals surface area contributed by atoms with Crippen molar-refractivity contribution in [2.75, 3.05) is 20.6 Å². The molecule has 5 heteroatoms. The van der Waals surface area contributed by atoms with Crippen LogP contribution in [-0.2, 0) is 6.54 Å². The highest BCUT2D eigenvalue weighted by Gasteiger charge is 2.17. The molecule has 0 spiro atoms. The van der Waals surface area contributed by atoms with Gasteiger partial charge in [0.2, 0.25) is 0 Å². The summed E-state index contributed by atoms with van der Waals surface area (Å²) in [5.41, 5.74) is 0.697. The second kappa shape index (κ2) is 4.77. The molecule has 0 radical (unpaired) electrons. The summed E-state index contributed by atoms with van der Waals surface area (Å²) in [6.45, 7) is 3.23.